The molecule has 1 heterocycles. The third kappa shape index (κ3) is 3.30. The minimum absolute atomic E-state index is 0.190. The van der Waals surface area contributed by atoms with Crippen LogP contribution in [0.2, 0.25) is 0 Å². The van der Waals surface area contributed by atoms with Crippen LogP contribution in [0.15, 0.2) is 102 Å². The maximum atomic E-state index is 13.0. The molecule has 5 aromatic rings. The molecule has 0 amide bonds. The van der Waals surface area contributed by atoms with Gasteiger partial charge in [-0.2, -0.15) is 0 Å². The Morgan fingerprint density at radius 2 is 1.19 bits per heavy atom. The lowest BCUT2D eigenvalue weighted by atomic mass is 10.2. The van der Waals surface area contributed by atoms with Gasteiger partial charge in [-0.25, -0.2) is 8.42 Å². The molecule has 31 heavy (non-hydrogen) atoms. The summed E-state index contributed by atoms with van der Waals surface area (Å²) in [5.74, 6) is 0. The van der Waals surface area contributed by atoms with Gasteiger partial charge in [-0.3, -0.25) is 4.31 Å². The Kier molecular flexibility index (Phi) is 4.80. The summed E-state index contributed by atoms with van der Waals surface area (Å²) < 4.78 is 30.1. The monoisotopic (exact) mass is 444 g/mol. The third-order valence-electron chi connectivity index (χ3n) is 5.62. The number of benzene rings is 4. The molecular weight excluding hydrogens is 422 g/mol. The predicted molar refractivity (Wildman–Crippen MR) is 132 cm³/mol. The van der Waals surface area contributed by atoms with Crippen molar-refractivity contribution in [2.75, 3.05) is 11.4 Å². The molecule has 154 valence electrons. The van der Waals surface area contributed by atoms with Crippen molar-refractivity contribution in [2.45, 2.75) is 11.8 Å². The van der Waals surface area contributed by atoms with E-state index >= 15 is 0 Å². The Morgan fingerprint density at radius 3 is 1.74 bits per heavy atom. The standard InChI is InChI=1S/C26H22NO2S2/c1-19-11-17-22(18-12-19)31(28,29)27(2)20-13-15-21(16-14-20)30-25-9-5-3-7-23(25)24-8-4-6-10-26(24)30/h3-18H,1-2H3/q+1. The van der Waals surface area contributed by atoms with Crippen LogP contribution in [0.4, 0.5) is 5.69 Å². The number of rotatable bonds is 4. The molecule has 0 aliphatic heterocycles. The van der Waals surface area contributed by atoms with Crippen LogP contribution in [-0.4, -0.2) is 15.5 Å². The van der Waals surface area contributed by atoms with Gasteiger partial charge >= 0.3 is 0 Å². The lowest BCUT2D eigenvalue weighted by Gasteiger charge is -2.19. The predicted octanol–water partition coefficient (Wildman–Crippen LogP) is 6.86. The van der Waals surface area contributed by atoms with E-state index in [0.29, 0.717) is 10.6 Å². The van der Waals surface area contributed by atoms with Crippen molar-refractivity contribution in [1.29, 1.82) is 0 Å². The lowest BCUT2D eigenvalue weighted by molar-refractivity contribution is 0.594. The van der Waals surface area contributed by atoms with E-state index in [1.165, 1.54) is 29.4 Å². The average Bonchev–Trinajstić information content (AvgIpc) is 3.13. The highest BCUT2D eigenvalue weighted by atomic mass is 32.2. The number of hydrogen-bond acceptors (Lipinski definition) is 2. The van der Waals surface area contributed by atoms with Crippen LogP contribution >= 0.6 is 10.5 Å². The summed E-state index contributed by atoms with van der Waals surface area (Å²) in [5, 5.41) is 2.56. The molecule has 0 saturated heterocycles. The van der Waals surface area contributed by atoms with Crippen LogP contribution in [0.1, 0.15) is 5.56 Å². The van der Waals surface area contributed by atoms with Crippen LogP contribution < -0.4 is 4.31 Å². The van der Waals surface area contributed by atoms with Gasteiger partial charge in [0.15, 0.2) is 14.3 Å². The van der Waals surface area contributed by atoms with E-state index in [2.05, 4.69) is 60.7 Å². The second-order valence-corrected chi connectivity index (χ2v) is 11.5. The summed E-state index contributed by atoms with van der Waals surface area (Å²) in [6.07, 6.45) is 0. The van der Waals surface area contributed by atoms with Gasteiger partial charge in [0.05, 0.1) is 10.6 Å². The molecule has 0 aliphatic carbocycles. The van der Waals surface area contributed by atoms with Crippen LogP contribution in [0, 0.1) is 6.92 Å². The topological polar surface area (TPSA) is 37.4 Å². The first-order valence-corrected chi connectivity index (χ1v) is 12.7. The largest absolute Gasteiger partial charge is 0.269 e. The molecule has 5 rings (SSSR count). The normalized spacial score (nSPS) is 11.8. The summed E-state index contributed by atoms with van der Waals surface area (Å²) >= 11 is 0. The smallest absolute Gasteiger partial charge is 0.264 e. The molecule has 1 aromatic heterocycles. The second kappa shape index (κ2) is 7.52. The van der Waals surface area contributed by atoms with Crippen molar-refractivity contribution in [3.8, 4) is 4.90 Å². The van der Waals surface area contributed by atoms with Gasteiger partial charge < -0.3 is 0 Å². The molecule has 5 heteroatoms. The molecule has 0 atom stereocenters. The van der Waals surface area contributed by atoms with Crippen molar-refractivity contribution in [2.24, 2.45) is 0 Å². The summed E-state index contributed by atoms with van der Waals surface area (Å²) in [4.78, 5) is 1.48. The van der Waals surface area contributed by atoms with Crippen molar-refractivity contribution in [1.82, 2.24) is 0 Å². The van der Waals surface area contributed by atoms with Gasteiger partial charge in [0.1, 0.15) is 0 Å². The van der Waals surface area contributed by atoms with E-state index in [1.54, 1.807) is 19.2 Å². The minimum atomic E-state index is -3.60. The zero-order valence-electron chi connectivity index (χ0n) is 17.3. The van der Waals surface area contributed by atoms with Crippen molar-refractivity contribution >= 4 is 46.4 Å². The fraction of sp³-hybridized carbons (Fsp3) is 0.0769. The molecule has 4 aromatic carbocycles. The van der Waals surface area contributed by atoms with E-state index in [4.69, 9.17) is 0 Å². The van der Waals surface area contributed by atoms with E-state index in [9.17, 15) is 8.42 Å². The Morgan fingerprint density at radius 1 is 0.677 bits per heavy atom. The van der Waals surface area contributed by atoms with Gasteiger partial charge in [-0.05, 0) is 55.5 Å². The number of fused-ring (bicyclic) bond motifs is 3. The van der Waals surface area contributed by atoms with Crippen molar-refractivity contribution in [3.63, 3.8) is 0 Å². The number of anilines is 1. The van der Waals surface area contributed by atoms with E-state index in [0.717, 1.165) is 5.56 Å². The number of hydrogen-bond donors (Lipinski definition) is 0. The number of aryl methyl sites for hydroxylation is 1. The average molecular weight is 445 g/mol. The molecule has 0 fully saturated rings. The Labute approximate surface area is 185 Å². The Balaban J connectivity index is 1.57. The van der Waals surface area contributed by atoms with Gasteiger partial charge in [-0.1, -0.05) is 42.0 Å². The van der Waals surface area contributed by atoms with E-state index < -0.39 is 10.0 Å². The third-order valence-corrected chi connectivity index (χ3v) is 9.75. The number of nitrogens with zero attached hydrogens (tertiary/aromatic N) is 1. The van der Waals surface area contributed by atoms with Gasteiger partial charge in [-0.15, -0.1) is 0 Å². The number of sulfonamides is 1. The molecule has 3 nitrogen and oxygen atoms in total. The van der Waals surface area contributed by atoms with Crippen LogP contribution in [0.25, 0.3) is 25.1 Å². The summed E-state index contributed by atoms with van der Waals surface area (Å²) in [7, 11) is -2.19. The van der Waals surface area contributed by atoms with E-state index in [1.807, 2.05) is 31.2 Å². The maximum Gasteiger partial charge on any atom is 0.264 e. The Hall–Kier alpha value is -3.15. The Bertz CT molecular complexity index is 1450. The first kappa shape index (κ1) is 19.8. The molecule has 0 radical (unpaired) electrons. The molecule has 0 unspecified atom stereocenters. The summed E-state index contributed by atoms with van der Waals surface area (Å²) in [6.45, 7) is 1.94. The van der Waals surface area contributed by atoms with Crippen molar-refractivity contribution in [3.05, 3.63) is 103 Å². The van der Waals surface area contributed by atoms with E-state index in [-0.39, 0.29) is 10.5 Å². The van der Waals surface area contributed by atoms with Crippen molar-refractivity contribution < 1.29 is 8.42 Å². The fourth-order valence-corrected chi connectivity index (χ4v) is 7.48. The quantitative estimate of drug-likeness (QED) is 0.284. The highest BCUT2D eigenvalue weighted by Crippen LogP contribution is 2.48. The number of thiophene rings is 1. The molecular formula is C26H22NO2S2+. The second-order valence-electron chi connectivity index (χ2n) is 7.58. The molecule has 0 aliphatic rings. The van der Waals surface area contributed by atoms with Gasteiger partial charge in [0, 0.05) is 40.4 Å². The highest BCUT2D eigenvalue weighted by Gasteiger charge is 2.25. The van der Waals surface area contributed by atoms with Gasteiger partial charge in [0.25, 0.3) is 10.0 Å². The zero-order valence-corrected chi connectivity index (χ0v) is 19.0. The fourth-order valence-electron chi connectivity index (χ4n) is 3.91. The summed E-state index contributed by atoms with van der Waals surface area (Å²) in [6, 6.07) is 31.9. The first-order valence-electron chi connectivity index (χ1n) is 10.1. The minimum Gasteiger partial charge on any atom is -0.269 e. The van der Waals surface area contributed by atoms with Crippen LogP contribution in [-0.2, 0) is 10.0 Å². The van der Waals surface area contributed by atoms with Crippen LogP contribution in [0.3, 0.4) is 0 Å². The molecule has 0 bridgehead atoms. The van der Waals surface area contributed by atoms with Gasteiger partial charge in [0.2, 0.25) is 0 Å². The molecule has 0 N–H and O–H groups in total. The summed E-state index contributed by atoms with van der Waals surface area (Å²) in [5.41, 5.74) is 1.68. The maximum absolute atomic E-state index is 13.0. The molecule has 0 saturated carbocycles. The SMILES string of the molecule is Cc1ccc(S(=O)(=O)N(C)c2ccc(-[s+]3c4ccccc4c4ccccc43)cc2)cc1. The lowest BCUT2D eigenvalue weighted by Crippen LogP contribution is -2.26. The highest BCUT2D eigenvalue weighted by molar-refractivity contribution is 7.92. The first-order chi connectivity index (χ1) is 15.0. The molecule has 0 spiro atoms. The zero-order chi connectivity index (χ0) is 21.6. The van der Waals surface area contributed by atoms with Crippen LogP contribution in [0.5, 0.6) is 0 Å².